The van der Waals surface area contributed by atoms with E-state index in [0.717, 1.165) is 32.5 Å². The summed E-state index contributed by atoms with van der Waals surface area (Å²) >= 11 is 0. The van der Waals surface area contributed by atoms with E-state index in [-0.39, 0.29) is 5.54 Å². The van der Waals surface area contributed by atoms with Crippen molar-refractivity contribution in [3.05, 3.63) is 18.2 Å². The third-order valence-electron chi connectivity index (χ3n) is 3.27. The van der Waals surface area contributed by atoms with E-state index in [1.54, 1.807) is 0 Å². The van der Waals surface area contributed by atoms with Gasteiger partial charge in [-0.1, -0.05) is 0 Å². The first-order chi connectivity index (χ1) is 7.26. The zero-order valence-corrected chi connectivity index (χ0v) is 9.28. The second kappa shape index (κ2) is 4.33. The Kier molecular flexibility index (Phi) is 3.07. The van der Waals surface area contributed by atoms with Gasteiger partial charge < -0.3 is 15.0 Å². The molecule has 2 N–H and O–H groups in total. The summed E-state index contributed by atoms with van der Waals surface area (Å²) in [4.78, 5) is 4.23. The number of nitrogens with zero attached hydrogens (tertiary/aromatic N) is 2. The smallest absolute Gasteiger partial charge is 0.0953 e. The van der Waals surface area contributed by atoms with E-state index >= 15 is 0 Å². The molecule has 15 heavy (non-hydrogen) atoms. The quantitative estimate of drug-likeness (QED) is 0.805. The molecular formula is C11H19N3O. The molecule has 0 bridgehead atoms. The van der Waals surface area contributed by atoms with Crippen LogP contribution in [-0.2, 0) is 16.7 Å². The summed E-state index contributed by atoms with van der Waals surface area (Å²) in [6.45, 7) is 4.64. The molecule has 1 aromatic heterocycles. The molecular weight excluding hydrogens is 190 g/mol. The molecule has 1 aliphatic rings. The monoisotopic (exact) mass is 209 g/mol. The first-order valence-corrected chi connectivity index (χ1v) is 5.56. The van der Waals surface area contributed by atoms with Crippen molar-refractivity contribution in [2.45, 2.75) is 31.7 Å². The lowest BCUT2D eigenvalue weighted by atomic mass is 9.92. The summed E-state index contributed by atoms with van der Waals surface area (Å²) in [7, 11) is 0. The first-order valence-electron chi connectivity index (χ1n) is 5.56. The van der Waals surface area contributed by atoms with Crippen LogP contribution in [0.25, 0.3) is 0 Å². The Morgan fingerprint density at radius 1 is 1.53 bits per heavy atom. The minimum Gasteiger partial charge on any atom is -0.381 e. The number of hydrogen-bond acceptors (Lipinski definition) is 3. The minimum atomic E-state index is 0.166. The van der Waals surface area contributed by atoms with E-state index in [2.05, 4.69) is 16.5 Å². The molecule has 1 aliphatic heterocycles. The topological polar surface area (TPSA) is 53.1 Å². The van der Waals surface area contributed by atoms with E-state index in [1.807, 2.05) is 12.5 Å². The van der Waals surface area contributed by atoms with Crippen LogP contribution in [0.15, 0.2) is 12.5 Å². The van der Waals surface area contributed by atoms with Crippen LogP contribution in [0.5, 0.6) is 0 Å². The number of nitrogens with two attached hydrogens (primary N) is 1. The van der Waals surface area contributed by atoms with Crippen LogP contribution in [0.4, 0.5) is 0 Å². The SMILES string of the molecule is CC1(n2cncc2CCN)CCOCC1. The van der Waals surface area contributed by atoms with Gasteiger partial charge in [-0.2, -0.15) is 0 Å². The second-order valence-corrected chi connectivity index (χ2v) is 4.40. The fraction of sp³-hybridized carbons (Fsp3) is 0.727. The van der Waals surface area contributed by atoms with E-state index < -0.39 is 0 Å². The van der Waals surface area contributed by atoms with Crippen molar-refractivity contribution in [1.82, 2.24) is 9.55 Å². The lowest BCUT2D eigenvalue weighted by molar-refractivity contribution is 0.0284. The molecule has 84 valence electrons. The Hall–Kier alpha value is -0.870. The molecule has 2 heterocycles. The van der Waals surface area contributed by atoms with Crippen molar-refractivity contribution in [2.24, 2.45) is 5.73 Å². The van der Waals surface area contributed by atoms with Crippen LogP contribution in [0, 0.1) is 0 Å². The molecule has 4 nitrogen and oxygen atoms in total. The van der Waals surface area contributed by atoms with Gasteiger partial charge in [-0.25, -0.2) is 4.98 Å². The normalized spacial score (nSPS) is 20.4. The molecule has 0 saturated carbocycles. The molecule has 1 saturated heterocycles. The summed E-state index contributed by atoms with van der Waals surface area (Å²) in [5.74, 6) is 0. The van der Waals surface area contributed by atoms with Gasteiger partial charge in [0.1, 0.15) is 0 Å². The molecule has 0 aliphatic carbocycles. The van der Waals surface area contributed by atoms with Gasteiger partial charge in [0.05, 0.1) is 6.33 Å². The molecule has 1 fully saturated rings. The maximum Gasteiger partial charge on any atom is 0.0953 e. The van der Waals surface area contributed by atoms with Gasteiger partial charge in [0.25, 0.3) is 0 Å². The van der Waals surface area contributed by atoms with E-state index in [9.17, 15) is 0 Å². The highest BCUT2D eigenvalue weighted by Gasteiger charge is 2.30. The molecule has 2 rings (SSSR count). The highest BCUT2D eigenvalue weighted by Crippen LogP contribution is 2.29. The fourth-order valence-electron chi connectivity index (χ4n) is 2.19. The lowest BCUT2D eigenvalue weighted by Crippen LogP contribution is -2.37. The number of rotatable bonds is 3. The summed E-state index contributed by atoms with van der Waals surface area (Å²) in [6, 6.07) is 0. The molecule has 0 amide bonds. The largest absolute Gasteiger partial charge is 0.381 e. The standard InChI is InChI=1S/C11H19N3O/c1-11(3-6-15-7-4-11)14-9-13-8-10(14)2-5-12/h8-9H,2-7,12H2,1H3. The molecule has 0 atom stereocenters. The van der Waals surface area contributed by atoms with Gasteiger partial charge in [-0.3, -0.25) is 0 Å². The van der Waals surface area contributed by atoms with Crippen molar-refractivity contribution in [3.63, 3.8) is 0 Å². The third-order valence-corrected chi connectivity index (χ3v) is 3.27. The Balaban J connectivity index is 2.22. The van der Waals surface area contributed by atoms with Gasteiger partial charge in [0.15, 0.2) is 0 Å². The Morgan fingerprint density at radius 2 is 2.27 bits per heavy atom. The minimum absolute atomic E-state index is 0.166. The molecule has 0 aromatic carbocycles. The van der Waals surface area contributed by atoms with Gasteiger partial charge >= 0.3 is 0 Å². The fourth-order valence-corrected chi connectivity index (χ4v) is 2.19. The molecule has 0 unspecified atom stereocenters. The molecule has 0 spiro atoms. The van der Waals surface area contributed by atoms with Crippen molar-refractivity contribution in [2.75, 3.05) is 19.8 Å². The zero-order chi connectivity index (χ0) is 10.7. The van der Waals surface area contributed by atoms with Crippen molar-refractivity contribution >= 4 is 0 Å². The van der Waals surface area contributed by atoms with Crippen LogP contribution < -0.4 is 5.73 Å². The number of aromatic nitrogens is 2. The first kappa shape index (κ1) is 10.6. The van der Waals surface area contributed by atoms with Crippen LogP contribution in [0.2, 0.25) is 0 Å². The van der Waals surface area contributed by atoms with Crippen molar-refractivity contribution in [1.29, 1.82) is 0 Å². The third kappa shape index (κ3) is 2.06. The van der Waals surface area contributed by atoms with E-state index in [0.29, 0.717) is 6.54 Å². The Morgan fingerprint density at radius 3 is 2.93 bits per heavy atom. The predicted octanol–water partition coefficient (Wildman–Crippen LogP) is 0.910. The van der Waals surface area contributed by atoms with Gasteiger partial charge in [0.2, 0.25) is 0 Å². The molecule has 0 radical (unpaired) electrons. The van der Waals surface area contributed by atoms with Crippen molar-refractivity contribution < 1.29 is 4.74 Å². The van der Waals surface area contributed by atoms with Crippen molar-refractivity contribution in [3.8, 4) is 0 Å². The van der Waals surface area contributed by atoms with Gasteiger partial charge in [-0.15, -0.1) is 0 Å². The average Bonchev–Trinajstić information content (AvgIpc) is 2.68. The van der Waals surface area contributed by atoms with Gasteiger partial charge in [-0.05, 0) is 26.3 Å². The van der Waals surface area contributed by atoms with E-state index in [1.165, 1.54) is 5.69 Å². The number of ether oxygens (including phenoxy) is 1. The summed E-state index contributed by atoms with van der Waals surface area (Å²) < 4.78 is 7.68. The van der Waals surface area contributed by atoms with Crippen LogP contribution in [0.3, 0.4) is 0 Å². The summed E-state index contributed by atoms with van der Waals surface area (Å²) in [5, 5.41) is 0. The number of imidazole rings is 1. The Labute approximate surface area is 90.4 Å². The Bertz CT molecular complexity index is 315. The van der Waals surface area contributed by atoms with Crippen LogP contribution in [-0.4, -0.2) is 29.3 Å². The van der Waals surface area contributed by atoms with E-state index in [4.69, 9.17) is 10.5 Å². The predicted molar refractivity (Wildman–Crippen MR) is 58.7 cm³/mol. The lowest BCUT2D eigenvalue weighted by Gasteiger charge is -2.36. The molecule has 4 heteroatoms. The maximum absolute atomic E-state index is 5.60. The summed E-state index contributed by atoms with van der Waals surface area (Å²) in [6.07, 6.45) is 6.86. The van der Waals surface area contributed by atoms with Crippen LogP contribution >= 0.6 is 0 Å². The summed E-state index contributed by atoms with van der Waals surface area (Å²) in [5.41, 5.74) is 7.00. The maximum atomic E-state index is 5.60. The highest BCUT2D eigenvalue weighted by atomic mass is 16.5. The van der Waals surface area contributed by atoms with Gasteiger partial charge in [0, 0.05) is 37.1 Å². The zero-order valence-electron chi connectivity index (χ0n) is 9.28. The molecule has 1 aromatic rings. The van der Waals surface area contributed by atoms with Crippen LogP contribution in [0.1, 0.15) is 25.5 Å². The average molecular weight is 209 g/mol. The second-order valence-electron chi connectivity index (χ2n) is 4.40. The highest BCUT2D eigenvalue weighted by molar-refractivity contribution is 5.04. The number of hydrogen-bond donors (Lipinski definition) is 1.